The van der Waals surface area contributed by atoms with Crippen LogP contribution in [0.4, 0.5) is 17.1 Å². The van der Waals surface area contributed by atoms with E-state index in [2.05, 4.69) is 44.9 Å². The fourth-order valence-corrected chi connectivity index (χ4v) is 22.6. The summed E-state index contributed by atoms with van der Waals surface area (Å²) in [5, 5.41) is 39.7. The molecule has 0 bridgehead atoms. The van der Waals surface area contributed by atoms with Crippen LogP contribution in [0.2, 0.25) is 0 Å². The third kappa shape index (κ3) is 27.5. The lowest BCUT2D eigenvalue weighted by molar-refractivity contribution is 0.0780. The second-order valence-corrected chi connectivity index (χ2v) is 46.0. The molecule has 12 rings (SSSR count). The zero-order valence-corrected chi connectivity index (χ0v) is 75.2. The van der Waals surface area contributed by atoms with E-state index >= 15 is 0 Å². The van der Waals surface area contributed by atoms with E-state index in [4.69, 9.17) is 9.92 Å². The van der Waals surface area contributed by atoms with Crippen molar-refractivity contribution in [2.45, 2.75) is 128 Å². The fourth-order valence-electron chi connectivity index (χ4n) is 13.2. The lowest BCUT2D eigenvalue weighted by atomic mass is 9.98. The Morgan fingerprint density at radius 3 is 1.06 bits per heavy atom. The largest absolute Gasteiger partial charge is 0.386 e. The molecule has 0 amide bonds. The van der Waals surface area contributed by atoms with Crippen LogP contribution < -0.4 is 25.8 Å². The minimum atomic E-state index is -3.70. The minimum Gasteiger partial charge on any atom is -0.386 e. The summed E-state index contributed by atoms with van der Waals surface area (Å²) in [6, 6.07) is 61.3. The van der Waals surface area contributed by atoms with Gasteiger partial charge in [0.05, 0.1) is 60.3 Å². The van der Waals surface area contributed by atoms with E-state index in [0.29, 0.717) is 43.5 Å². The van der Waals surface area contributed by atoms with E-state index in [1.165, 1.54) is 53.0 Å². The lowest BCUT2D eigenvalue weighted by Gasteiger charge is -2.44. The monoisotopic (exact) mass is 1790 g/mol. The normalized spacial score (nSPS) is 18.1. The molecule has 25 nitrogen and oxygen atoms in total. The molecule has 3 fully saturated rings. The number of aliphatic hydroxyl groups is 3. The highest BCUT2D eigenvalue weighted by molar-refractivity contribution is 8.13. The van der Waals surface area contributed by atoms with E-state index < -0.39 is 94.2 Å². The molecule has 35 heteroatoms. The van der Waals surface area contributed by atoms with Gasteiger partial charge in [-0.25, -0.2) is 42.1 Å². The molecule has 9 aromatic rings. The van der Waals surface area contributed by atoms with Gasteiger partial charge in [-0.15, -0.1) is 34.0 Å². The topological polar surface area (TPSA) is 335 Å². The Kier molecular flexibility index (Phi) is 33.3. The molecule has 3 saturated heterocycles. The number of nitrogens with zero attached hydrogens (tertiary/aromatic N) is 7. The first kappa shape index (κ1) is 94.9. The number of hydrogen-bond acceptors (Lipinski definition) is 24. The summed E-state index contributed by atoms with van der Waals surface area (Å²) in [6.45, 7) is 19.9. The Morgan fingerprint density at radius 2 is 0.759 bits per heavy atom. The van der Waals surface area contributed by atoms with Crippen LogP contribution in [0.1, 0.15) is 114 Å². The van der Waals surface area contributed by atoms with Crippen LogP contribution in [0.25, 0.3) is 0 Å². The molecule has 0 radical (unpaired) electrons. The fraction of sp³-hybridized carbons (Fsp3) is 0.407. The Bertz CT molecular complexity index is 5240. The highest BCUT2D eigenvalue weighted by Gasteiger charge is 2.41. The molecule has 0 aliphatic carbocycles. The Balaban J connectivity index is 0.000000201. The van der Waals surface area contributed by atoms with Crippen molar-refractivity contribution in [2.24, 2.45) is 5.73 Å². The molecule has 0 saturated carbocycles. The van der Waals surface area contributed by atoms with E-state index in [1.54, 1.807) is 111 Å². The van der Waals surface area contributed by atoms with Crippen LogP contribution in [-0.4, -0.2) is 199 Å². The summed E-state index contributed by atoms with van der Waals surface area (Å²) in [4.78, 5) is 6.30. The summed E-state index contributed by atoms with van der Waals surface area (Å²) in [5.41, 5.74) is 11.0. The van der Waals surface area contributed by atoms with E-state index in [9.17, 15) is 65.8 Å². The SMILES string of the molecule is CC(C)(O)c1ccc(N2CCN(S(=O)(=O)c3cccs3)C[C@@H]2COS(C)(=O)=O)cc1.CC(N)c1ccccc1.CC(NC[C@H]1CN(S(=O)(=O)c2cccs2)CCN1c1ccc(C(C)(C)O)cc1)c1ccccc1.CC(c1ccccc1)N(C[C@H]1CN(S(=O)(=O)c2cccs2)CCN1c1ccc(C(C)(C)O)cc1)S(C)(=O)=O.CS(=O)(=O)Cl. The number of sulfonamides is 4. The predicted molar refractivity (Wildman–Crippen MR) is 467 cm³/mol. The van der Waals surface area contributed by atoms with Gasteiger partial charge in [-0.2, -0.15) is 25.6 Å². The molecule has 6 heterocycles. The minimum absolute atomic E-state index is 0.0392. The van der Waals surface area contributed by atoms with Gasteiger partial charge in [0.25, 0.3) is 40.2 Å². The summed E-state index contributed by atoms with van der Waals surface area (Å²) in [7, 11) is -16.9. The predicted octanol–water partition coefficient (Wildman–Crippen LogP) is 11.8. The number of nitrogens with two attached hydrogens (primary N) is 1. The van der Waals surface area contributed by atoms with Crippen molar-refractivity contribution in [3.05, 3.63) is 250 Å². The number of thiophene rings is 3. The van der Waals surface area contributed by atoms with E-state index in [-0.39, 0.29) is 65.9 Å². The van der Waals surface area contributed by atoms with Gasteiger partial charge in [-0.3, -0.25) is 4.18 Å². The Labute approximate surface area is 703 Å². The van der Waals surface area contributed by atoms with Crippen LogP contribution in [0.5, 0.6) is 0 Å². The first-order chi connectivity index (χ1) is 54.1. The zero-order chi connectivity index (χ0) is 85.4. The van der Waals surface area contributed by atoms with Gasteiger partial charge in [0, 0.05) is 118 Å². The molecule has 6 aromatic carbocycles. The molecular formula is C81H108ClN9O16S9. The molecule has 634 valence electrons. The number of hydrogen-bond donors (Lipinski definition) is 5. The summed E-state index contributed by atoms with van der Waals surface area (Å²) in [5.74, 6) is 0. The lowest BCUT2D eigenvalue weighted by Crippen LogP contribution is -2.59. The summed E-state index contributed by atoms with van der Waals surface area (Å²) in [6.07, 6.45) is 3.09. The number of anilines is 3. The van der Waals surface area contributed by atoms with Crippen molar-refractivity contribution in [3.8, 4) is 0 Å². The summed E-state index contributed by atoms with van der Waals surface area (Å²) < 4.78 is 159. The Hall–Kier alpha value is -6.59. The van der Waals surface area contributed by atoms with Gasteiger partial charge in [0.1, 0.15) is 12.6 Å². The third-order valence-corrected chi connectivity index (χ3v) is 31.2. The molecule has 6 atom stereocenters. The van der Waals surface area contributed by atoms with Crippen molar-refractivity contribution < 1.29 is 70.0 Å². The van der Waals surface area contributed by atoms with Crippen molar-refractivity contribution >= 4 is 121 Å². The number of benzene rings is 6. The van der Waals surface area contributed by atoms with Crippen molar-refractivity contribution in [2.75, 3.05) is 112 Å². The maximum Gasteiger partial charge on any atom is 0.264 e. The van der Waals surface area contributed by atoms with Gasteiger partial charge in [0.2, 0.25) is 19.1 Å². The molecule has 3 aliphatic rings. The number of rotatable bonds is 25. The second-order valence-electron chi connectivity index (χ2n) is 30.1. The number of halogens is 1. The second kappa shape index (κ2) is 40.6. The van der Waals surface area contributed by atoms with Crippen molar-refractivity contribution in [1.82, 2.24) is 22.5 Å². The molecule has 6 N–H and O–H groups in total. The Morgan fingerprint density at radius 1 is 0.448 bits per heavy atom. The quantitative estimate of drug-likeness (QED) is 0.0262. The highest BCUT2D eigenvalue weighted by Crippen LogP contribution is 2.35. The van der Waals surface area contributed by atoms with Crippen LogP contribution in [0, 0.1) is 0 Å². The van der Waals surface area contributed by atoms with Crippen LogP contribution in [0.3, 0.4) is 0 Å². The van der Waals surface area contributed by atoms with Crippen molar-refractivity contribution in [3.63, 3.8) is 0 Å². The standard InChI is InChI=1S/C27H35N3O5S3.C26H33N3O3S2.C19H26N2O6S3.C8H11N.CH3ClO2S/c1-21(22-9-6-5-7-10-22)30(37(4,32)33)20-25-19-28(38(34,35)26-11-8-18-36-26)16-17-29(25)24-14-12-23(13-15-24)27(2,3)31;1-20(21-8-5-4-6-9-21)27-18-24-19-28(34(31,32)25-10-7-17-33-25)15-16-29(24)23-13-11-22(12-14-23)26(2,3)30;1-19(2,22)15-6-8-16(9-7-15)21-11-10-20(13-17(21)14-27-29(3,23)24)30(25,26)18-5-4-12-28-18;1-7(9)8-5-3-2-4-6-8;1-5(2,3)4/h5-15,18,21,25,31H,16-17,19-20H2,1-4H3;4-14,17,20,24,27,30H,15-16,18-19H2,1-3H3;4-9,12,17,22H,10-11,13-14H2,1-3H3;2-7H,9H2,1H3;1H3/t21?,25-;20?,24-;17-;;/m101../s1. The first-order valence-corrected chi connectivity index (χ1v) is 50.7. The maximum absolute atomic E-state index is 13.4. The molecule has 3 unspecified atom stereocenters. The molecular weight excluding hydrogens is 1680 g/mol. The van der Waals surface area contributed by atoms with Crippen LogP contribution in [0.15, 0.2) is 229 Å². The van der Waals surface area contributed by atoms with Crippen LogP contribution >= 0.6 is 44.7 Å². The van der Waals surface area contributed by atoms with Gasteiger partial charge < -0.3 is 41.1 Å². The molecule has 0 spiro atoms. The third-order valence-electron chi connectivity index (χ3n) is 19.6. The number of nitrogens with one attached hydrogen (secondary N) is 1. The van der Waals surface area contributed by atoms with Gasteiger partial charge in [0.15, 0.2) is 0 Å². The van der Waals surface area contributed by atoms with E-state index in [0.717, 1.165) is 63.2 Å². The molecule has 3 aliphatic heterocycles. The highest BCUT2D eigenvalue weighted by atomic mass is 35.7. The first-order valence-electron chi connectivity index (χ1n) is 37.4. The average Bonchev–Trinajstić information content (AvgIpc) is 1.19. The van der Waals surface area contributed by atoms with Gasteiger partial charge in [-0.05, 0) is 166 Å². The maximum atomic E-state index is 13.4. The number of piperazine rings is 3. The zero-order valence-electron chi connectivity index (χ0n) is 67.1. The average molecular weight is 1790 g/mol. The molecule has 3 aromatic heterocycles. The smallest absolute Gasteiger partial charge is 0.264 e. The molecule has 116 heavy (non-hydrogen) atoms. The summed E-state index contributed by atoms with van der Waals surface area (Å²) >= 11 is 3.58. The van der Waals surface area contributed by atoms with Gasteiger partial charge in [-0.1, -0.05) is 146 Å². The van der Waals surface area contributed by atoms with E-state index in [1.807, 2.05) is 158 Å². The van der Waals surface area contributed by atoms with Gasteiger partial charge >= 0.3 is 0 Å². The van der Waals surface area contributed by atoms with Crippen LogP contribution in [-0.2, 0) is 80.2 Å². The van der Waals surface area contributed by atoms with Crippen molar-refractivity contribution in [1.29, 1.82) is 0 Å².